The second kappa shape index (κ2) is 6.78. The van der Waals surface area contributed by atoms with E-state index in [1.807, 2.05) is 46.8 Å². The SMILES string of the molecule is CC.CC=Nc1c(C)ccc(C#N)c1C. The molecule has 2 nitrogen and oxygen atoms in total. The summed E-state index contributed by atoms with van der Waals surface area (Å²) in [4.78, 5) is 4.24. The summed E-state index contributed by atoms with van der Waals surface area (Å²) in [6.45, 7) is 9.79. The van der Waals surface area contributed by atoms with Crippen molar-refractivity contribution in [2.45, 2.75) is 34.6 Å². The Labute approximate surface area is 92.3 Å². The van der Waals surface area contributed by atoms with Crippen LogP contribution >= 0.6 is 0 Å². The van der Waals surface area contributed by atoms with Gasteiger partial charge in [0.05, 0.1) is 17.3 Å². The standard InChI is InChI=1S/C11H12N2.C2H6/c1-4-13-11-8(2)5-6-10(7-12)9(11)3;1-2/h4-6H,1-3H3;1-2H3. The number of rotatable bonds is 1. The molecule has 1 rings (SSSR count). The molecule has 0 amide bonds. The first-order valence-corrected chi connectivity index (χ1v) is 5.19. The number of benzene rings is 1. The van der Waals surface area contributed by atoms with E-state index < -0.39 is 0 Å². The zero-order chi connectivity index (χ0) is 11.8. The number of hydrogen-bond donors (Lipinski definition) is 0. The lowest BCUT2D eigenvalue weighted by Gasteiger charge is -2.05. The number of nitriles is 1. The van der Waals surface area contributed by atoms with Gasteiger partial charge in [0.25, 0.3) is 0 Å². The van der Waals surface area contributed by atoms with E-state index in [1.165, 1.54) is 0 Å². The highest BCUT2D eigenvalue weighted by molar-refractivity contribution is 5.67. The molecule has 80 valence electrons. The Hall–Kier alpha value is -1.62. The molecule has 0 radical (unpaired) electrons. The maximum atomic E-state index is 8.80. The third-order valence-corrected chi connectivity index (χ3v) is 2.01. The van der Waals surface area contributed by atoms with Gasteiger partial charge in [-0.25, -0.2) is 0 Å². The van der Waals surface area contributed by atoms with Gasteiger partial charge in [0, 0.05) is 6.21 Å². The largest absolute Gasteiger partial charge is 0.261 e. The van der Waals surface area contributed by atoms with Gasteiger partial charge in [-0.1, -0.05) is 19.9 Å². The van der Waals surface area contributed by atoms with Gasteiger partial charge in [-0.15, -0.1) is 0 Å². The summed E-state index contributed by atoms with van der Waals surface area (Å²) in [5.74, 6) is 0. The highest BCUT2D eigenvalue weighted by atomic mass is 14.7. The van der Waals surface area contributed by atoms with Crippen molar-refractivity contribution in [3.63, 3.8) is 0 Å². The smallest absolute Gasteiger partial charge is 0.0995 e. The molecule has 0 heterocycles. The molecule has 0 N–H and O–H groups in total. The van der Waals surface area contributed by atoms with Crippen LogP contribution in [0.25, 0.3) is 0 Å². The van der Waals surface area contributed by atoms with Crippen molar-refractivity contribution in [2.24, 2.45) is 4.99 Å². The van der Waals surface area contributed by atoms with Gasteiger partial charge in [0.2, 0.25) is 0 Å². The van der Waals surface area contributed by atoms with Crippen LogP contribution in [0.3, 0.4) is 0 Å². The molecule has 1 aromatic carbocycles. The molecule has 0 aliphatic rings. The van der Waals surface area contributed by atoms with E-state index in [1.54, 1.807) is 6.21 Å². The third kappa shape index (κ3) is 3.21. The summed E-state index contributed by atoms with van der Waals surface area (Å²) in [5, 5.41) is 8.80. The molecule has 0 bridgehead atoms. The Morgan fingerprint density at radius 2 is 1.87 bits per heavy atom. The van der Waals surface area contributed by atoms with E-state index in [4.69, 9.17) is 5.26 Å². The van der Waals surface area contributed by atoms with Gasteiger partial charge in [0.15, 0.2) is 0 Å². The van der Waals surface area contributed by atoms with E-state index in [0.29, 0.717) is 5.56 Å². The Bertz CT molecular complexity index is 384. The van der Waals surface area contributed by atoms with Crippen molar-refractivity contribution >= 4 is 11.9 Å². The van der Waals surface area contributed by atoms with Crippen molar-refractivity contribution in [1.29, 1.82) is 5.26 Å². The molecule has 0 saturated heterocycles. The molecule has 0 atom stereocenters. The highest BCUT2D eigenvalue weighted by Crippen LogP contribution is 2.25. The average molecular weight is 202 g/mol. The summed E-state index contributed by atoms with van der Waals surface area (Å²) >= 11 is 0. The summed E-state index contributed by atoms with van der Waals surface area (Å²) < 4.78 is 0. The second-order valence-corrected chi connectivity index (χ2v) is 2.90. The quantitative estimate of drug-likeness (QED) is 0.636. The third-order valence-electron chi connectivity index (χ3n) is 2.01. The zero-order valence-corrected chi connectivity index (χ0v) is 10.1. The molecule has 0 fully saturated rings. The molecule has 0 aromatic heterocycles. The van der Waals surface area contributed by atoms with Gasteiger partial charge in [-0.05, 0) is 38.0 Å². The summed E-state index contributed by atoms with van der Waals surface area (Å²) in [6.07, 6.45) is 1.75. The molecule has 0 aliphatic heterocycles. The molecule has 0 saturated carbocycles. The maximum Gasteiger partial charge on any atom is 0.0995 e. The van der Waals surface area contributed by atoms with Crippen LogP contribution in [0.5, 0.6) is 0 Å². The van der Waals surface area contributed by atoms with Crippen molar-refractivity contribution in [1.82, 2.24) is 0 Å². The summed E-state index contributed by atoms with van der Waals surface area (Å²) in [5.41, 5.74) is 3.68. The molecule has 0 unspecified atom stereocenters. The first-order chi connectivity index (χ1) is 7.20. The van der Waals surface area contributed by atoms with Gasteiger partial charge < -0.3 is 0 Å². The fourth-order valence-electron chi connectivity index (χ4n) is 1.28. The predicted molar refractivity (Wildman–Crippen MR) is 65.8 cm³/mol. The van der Waals surface area contributed by atoms with Gasteiger partial charge >= 0.3 is 0 Å². The topological polar surface area (TPSA) is 36.1 Å². The van der Waals surface area contributed by atoms with Crippen LogP contribution in [-0.4, -0.2) is 6.21 Å². The van der Waals surface area contributed by atoms with Gasteiger partial charge in [0.1, 0.15) is 0 Å². The van der Waals surface area contributed by atoms with Crippen molar-refractivity contribution in [3.05, 3.63) is 28.8 Å². The van der Waals surface area contributed by atoms with Crippen LogP contribution in [0.4, 0.5) is 5.69 Å². The monoisotopic (exact) mass is 202 g/mol. The van der Waals surface area contributed by atoms with Crippen molar-refractivity contribution in [2.75, 3.05) is 0 Å². The molecule has 0 spiro atoms. The summed E-state index contributed by atoms with van der Waals surface area (Å²) in [7, 11) is 0. The Morgan fingerprint density at radius 3 is 2.33 bits per heavy atom. The first kappa shape index (κ1) is 13.4. The normalized spacial score (nSPS) is 9.33. The Morgan fingerprint density at radius 1 is 1.27 bits per heavy atom. The van der Waals surface area contributed by atoms with E-state index in [0.717, 1.165) is 16.8 Å². The summed E-state index contributed by atoms with van der Waals surface area (Å²) in [6, 6.07) is 5.90. The fraction of sp³-hybridized carbons (Fsp3) is 0.385. The lowest BCUT2D eigenvalue weighted by Crippen LogP contribution is -1.86. The molecular weight excluding hydrogens is 184 g/mol. The predicted octanol–water partition coefficient (Wildman–Crippen LogP) is 3.92. The van der Waals surface area contributed by atoms with Gasteiger partial charge in [-0.2, -0.15) is 5.26 Å². The fourth-order valence-corrected chi connectivity index (χ4v) is 1.28. The van der Waals surface area contributed by atoms with Crippen LogP contribution in [0.2, 0.25) is 0 Å². The number of aryl methyl sites for hydroxylation is 1. The molecule has 0 aliphatic carbocycles. The number of nitrogens with zero attached hydrogens (tertiary/aromatic N) is 2. The van der Waals surface area contributed by atoms with E-state index >= 15 is 0 Å². The van der Waals surface area contributed by atoms with E-state index in [-0.39, 0.29) is 0 Å². The minimum Gasteiger partial charge on any atom is -0.261 e. The minimum atomic E-state index is 0.700. The van der Waals surface area contributed by atoms with Crippen molar-refractivity contribution < 1.29 is 0 Å². The highest BCUT2D eigenvalue weighted by Gasteiger charge is 2.04. The van der Waals surface area contributed by atoms with Gasteiger partial charge in [-0.3, -0.25) is 4.99 Å². The Balaban J connectivity index is 0.000000921. The van der Waals surface area contributed by atoms with Crippen LogP contribution in [0.15, 0.2) is 17.1 Å². The molecule has 15 heavy (non-hydrogen) atoms. The lowest BCUT2D eigenvalue weighted by molar-refractivity contribution is 1.30. The second-order valence-electron chi connectivity index (χ2n) is 2.90. The maximum absolute atomic E-state index is 8.80. The van der Waals surface area contributed by atoms with E-state index in [2.05, 4.69) is 11.1 Å². The minimum absolute atomic E-state index is 0.700. The molecule has 1 aromatic rings. The molecular formula is C13H18N2. The van der Waals surface area contributed by atoms with Crippen LogP contribution < -0.4 is 0 Å². The van der Waals surface area contributed by atoms with Crippen LogP contribution in [0.1, 0.15) is 37.5 Å². The zero-order valence-electron chi connectivity index (χ0n) is 10.1. The average Bonchev–Trinajstić information content (AvgIpc) is 2.27. The van der Waals surface area contributed by atoms with Crippen LogP contribution in [-0.2, 0) is 0 Å². The number of aliphatic imine (C=N–C) groups is 1. The lowest BCUT2D eigenvalue weighted by atomic mass is 10.0. The van der Waals surface area contributed by atoms with E-state index in [9.17, 15) is 0 Å². The van der Waals surface area contributed by atoms with Crippen molar-refractivity contribution in [3.8, 4) is 6.07 Å². The molecule has 2 heteroatoms. The van der Waals surface area contributed by atoms with Crippen LogP contribution in [0, 0.1) is 25.2 Å². The number of hydrogen-bond acceptors (Lipinski definition) is 2. The Kier molecular flexibility index (Phi) is 6.05. The first-order valence-electron chi connectivity index (χ1n) is 5.19.